The second kappa shape index (κ2) is 102. The maximum Gasteiger partial charge on any atom is 0.628 e. The minimum Gasteiger partial charge on any atom is -0.525 e. The molecule has 0 saturated heterocycles. The molecule has 0 saturated carbocycles. The molecule has 33 nitrogen and oxygen atoms in total. The molecule has 0 fully saturated rings. The van der Waals surface area contributed by atoms with Gasteiger partial charge in [0, 0.05) is 150 Å². The van der Waals surface area contributed by atoms with Crippen LogP contribution < -0.4 is 109 Å². The van der Waals surface area contributed by atoms with Gasteiger partial charge in [0.05, 0.1) is 38.1 Å². The predicted molar refractivity (Wildman–Crippen MR) is 559 cm³/mol. The highest BCUT2D eigenvalue weighted by Crippen LogP contribution is 2.23. The number of benzene rings is 4. The molecular formula is C76H188N16O17Si13. The van der Waals surface area contributed by atoms with Gasteiger partial charge in [0.25, 0.3) is 0 Å². The second-order valence-corrected chi connectivity index (χ2v) is 42.4. The van der Waals surface area contributed by atoms with Crippen LogP contribution >= 0.6 is 0 Å². The predicted octanol–water partition coefficient (Wildman–Crippen LogP) is -1.80. The monoisotopic (exact) mass is 1960 g/mol. The Morgan fingerprint density at radius 2 is 0.615 bits per heavy atom. The number of anilines is 3. The lowest BCUT2D eigenvalue weighted by atomic mass is 10.1. The van der Waals surface area contributed by atoms with Crippen LogP contribution in [0.25, 0.3) is 0 Å². The van der Waals surface area contributed by atoms with Gasteiger partial charge in [0.1, 0.15) is 23.0 Å². The molecule has 0 heterocycles. The lowest BCUT2D eigenvalue weighted by Crippen LogP contribution is -2.50. The fraction of sp³-hybridized carbons (Fsp3) is 0.684. The Hall–Kier alpha value is -2.74. The van der Waals surface area contributed by atoms with Crippen molar-refractivity contribution in [2.24, 2.45) is 74.5 Å². The summed E-state index contributed by atoms with van der Waals surface area (Å²) < 4.78 is 90.8. The number of nitrogen functional groups attached to an aromatic ring is 3. The molecule has 4 aromatic rings. The smallest absolute Gasteiger partial charge is 0.525 e. The highest BCUT2D eigenvalue weighted by Gasteiger charge is 2.40. The summed E-state index contributed by atoms with van der Waals surface area (Å²) in [6.07, 6.45) is 2.70. The second-order valence-electron chi connectivity index (χ2n) is 28.5. The standard InChI is InChI=1S/C17H24N2O3Si.C9H16N2O2Si.C8H14N2O2Si.4C5H15NOSi.4C4H13NOSi.2C3H11NOSi/c1-13-4-8-16(9-5-13)21-23(3,20-12-14(2)18)22-17-10-6-15(19)7-11-17;1-7(6-10)12-14-13-9-4-2-8(11)3-5-9;9-5-6-11-13-12-8-3-1-7(10)2-4-8;2*1-5(2,6)4-7-8-3;2*1-3-5(6)4-7-8-2;2*1-4(5)3-6-7-2;2*1-4(3-5)6-7-2;2*1-6-5-3-2-4/h4-11,14H,12,18-19H2,1-3H3;2-5,7H,6,10-11,14H2,1H3;1-4H,5-6,9-10,13H2;2*4,6,8H2,1-3H3;2*5H,3-4,6,8H2,1-2H3;4*4H,3,5,7H2,1-2H3;2*2-4,6H2,1H3. The van der Waals surface area contributed by atoms with Crippen LogP contribution in [0.3, 0.4) is 0 Å². The first-order valence-electron chi connectivity index (χ1n) is 43.1. The number of nitrogens with two attached hydrogens (primary N) is 16. The van der Waals surface area contributed by atoms with Crippen molar-refractivity contribution >= 4 is 144 Å². The average molecular weight is 1960 g/mol. The Morgan fingerprint density at radius 1 is 0.344 bits per heavy atom. The molecular weight excluding hydrogens is 1770 g/mol. The van der Waals surface area contributed by atoms with E-state index in [0.29, 0.717) is 82.9 Å². The molecule has 0 aliphatic heterocycles. The number of hydrogen-bond donors (Lipinski definition) is 16. The van der Waals surface area contributed by atoms with Crippen molar-refractivity contribution in [2.75, 3.05) is 123 Å². The van der Waals surface area contributed by atoms with E-state index in [2.05, 4.69) is 79.3 Å². The Kier molecular flexibility index (Phi) is 115. The van der Waals surface area contributed by atoms with Gasteiger partial charge in [-0.05, 0) is 174 Å². The van der Waals surface area contributed by atoms with Crippen LogP contribution in [0.4, 0.5) is 17.1 Å². The molecule has 0 aliphatic rings. The third kappa shape index (κ3) is 124. The summed E-state index contributed by atoms with van der Waals surface area (Å²) in [5, 5.41) is 0. The summed E-state index contributed by atoms with van der Waals surface area (Å²) in [5.74, 6) is 2.98. The van der Waals surface area contributed by atoms with E-state index in [0.717, 1.165) is 80.9 Å². The molecule has 4 rings (SSSR count). The van der Waals surface area contributed by atoms with Gasteiger partial charge in [-0.15, -0.1) is 0 Å². The van der Waals surface area contributed by atoms with E-state index in [9.17, 15) is 0 Å². The van der Waals surface area contributed by atoms with Crippen molar-refractivity contribution in [1.82, 2.24) is 0 Å². The van der Waals surface area contributed by atoms with Gasteiger partial charge in [-0.1, -0.05) is 97.0 Å². The first-order chi connectivity index (χ1) is 57.6. The van der Waals surface area contributed by atoms with Crippen molar-refractivity contribution in [1.29, 1.82) is 0 Å². The molecule has 0 aromatic heterocycles. The van der Waals surface area contributed by atoms with E-state index in [4.69, 9.17) is 167 Å². The zero-order valence-electron chi connectivity index (χ0n) is 80.7. The molecule has 32 N–H and O–H groups in total. The van der Waals surface area contributed by atoms with Gasteiger partial charge in [-0.25, -0.2) is 0 Å². The van der Waals surface area contributed by atoms with Gasteiger partial charge in [0.15, 0.2) is 97.6 Å². The quantitative estimate of drug-likeness (QED) is 0.0132. The first kappa shape index (κ1) is 137. The summed E-state index contributed by atoms with van der Waals surface area (Å²) in [5.41, 5.74) is 90.1. The first-order valence-corrected chi connectivity index (χ1v) is 67.6. The molecule has 46 heteroatoms. The average Bonchev–Trinajstić information content (AvgIpc) is 0.839. The number of hydrogen-bond acceptors (Lipinski definition) is 33. The lowest BCUT2D eigenvalue weighted by Gasteiger charge is -2.28. The summed E-state index contributed by atoms with van der Waals surface area (Å²) in [4.78, 5) is 0. The number of aryl methyl sites for hydroxylation is 1. The highest BCUT2D eigenvalue weighted by molar-refractivity contribution is 6.60. The normalized spacial score (nSPS) is 14.0. The SMILES string of the molecule is CC(CN)O[SiH2]Oc1ccc(N)cc1.CCC(N)CO[SiH2]C.CCC(N)CO[SiH2]C.C[SiH2]OC(C)CN.C[SiH2]OC(C)CN.C[SiH2]OCC(C)(C)N.C[SiH2]OCC(C)(C)N.C[SiH2]OCC(C)N.C[SiH2]OCC(C)N.C[SiH2]OCCN.C[SiH2]OCCN.Cc1ccc(O[Si](C)(OCC(C)N)Oc2ccc(N)cc2)cc1.NCCO[SiH2]Oc1ccc(N)cc1. The maximum absolute atomic E-state index is 6.05. The van der Waals surface area contributed by atoms with Crippen LogP contribution in [0.2, 0.25) is 72.0 Å². The van der Waals surface area contributed by atoms with Crippen LogP contribution in [0, 0.1) is 6.92 Å². The molecule has 0 aliphatic carbocycles. The highest BCUT2D eigenvalue weighted by atomic mass is 28.4. The van der Waals surface area contributed by atoms with Crippen LogP contribution in [-0.4, -0.2) is 291 Å². The minimum atomic E-state index is -2.95. The van der Waals surface area contributed by atoms with E-state index in [1.807, 2.05) is 131 Å². The third-order valence-electron chi connectivity index (χ3n) is 13.5. The van der Waals surface area contributed by atoms with Crippen molar-refractivity contribution in [2.45, 2.75) is 234 Å². The molecule has 726 valence electrons. The van der Waals surface area contributed by atoms with E-state index in [-0.39, 0.29) is 157 Å². The van der Waals surface area contributed by atoms with Gasteiger partial charge in [-0.3, -0.25) is 0 Å². The molecule has 0 amide bonds. The van der Waals surface area contributed by atoms with Gasteiger partial charge >= 0.3 is 28.8 Å². The molecule has 122 heavy (non-hydrogen) atoms. The van der Waals surface area contributed by atoms with Gasteiger partial charge < -0.3 is 167 Å². The Balaban J connectivity index is -0.000000167. The fourth-order valence-electron chi connectivity index (χ4n) is 6.87. The van der Waals surface area contributed by atoms with Crippen LogP contribution in [0.15, 0.2) is 97.1 Å². The van der Waals surface area contributed by atoms with E-state index >= 15 is 0 Å². The van der Waals surface area contributed by atoms with Crippen LogP contribution in [0.1, 0.15) is 101 Å². The van der Waals surface area contributed by atoms with Gasteiger partial charge in [-0.2, -0.15) is 0 Å². The lowest BCUT2D eigenvalue weighted by molar-refractivity contribution is 0.164. The summed E-state index contributed by atoms with van der Waals surface area (Å²) in [7, 11) is -7.01. The molecule has 4 aromatic carbocycles. The van der Waals surface area contributed by atoms with Crippen molar-refractivity contribution < 1.29 is 75.2 Å². The minimum absolute atomic E-state index is 0.0791. The summed E-state index contributed by atoms with van der Waals surface area (Å²) >= 11 is 0. The third-order valence-corrected chi connectivity index (χ3v) is 24.5. The Bertz CT molecular complexity index is 2530. The van der Waals surface area contributed by atoms with E-state index < -0.39 is 28.8 Å². The van der Waals surface area contributed by atoms with Crippen molar-refractivity contribution in [3.63, 3.8) is 0 Å². The molecule has 9 unspecified atom stereocenters. The summed E-state index contributed by atoms with van der Waals surface area (Å²) in [6, 6.07) is 30.3. The van der Waals surface area contributed by atoms with Crippen LogP contribution in [0.5, 0.6) is 23.0 Å². The summed E-state index contributed by atoms with van der Waals surface area (Å²) in [6.45, 7) is 59.2. The van der Waals surface area contributed by atoms with Gasteiger partial charge in [0.2, 0.25) is 0 Å². The zero-order valence-corrected chi connectivity index (χ0v) is 98.7. The van der Waals surface area contributed by atoms with E-state index in [1.165, 1.54) is 0 Å². The fourth-order valence-corrected chi connectivity index (χ4v) is 16.3. The number of rotatable bonds is 49. The van der Waals surface area contributed by atoms with E-state index in [1.54, 1.807) is 48.5 Å². The van der Waals surface area contributed by atoms with Crippen molar-refractivity contribution in [3.05, 3.63) is 103 Å². The van der Waals surface area contributed by atoms with Crippen molar-refractivity contribution in [3.8, 4) is 23.0 Å². The zero-order chi connectivity index (χ0) is 95.3. The molecule has 0 radical (unpaired) electrons. The molecule has 0 spiro atoms. The topological polar surface area (TPSA) is 573 Å². The Morgan fingerprint density at radius 3 is 0.844 bits per heavy atom. The largest absolute Gasteiger partial charge is 0.628 e. The molecule has 0 bridgehead atoms. The molecule has 9 atom stereocenters. The maximum atomic E-state index is 6.05. The Labute approximate surface area is 770 Å². The van der Waals surface area contributed by atoms with Crippen LogP contribution in [-0.2, 0) is 57.5 Å².